The third-order valence-corrected chi connectivity index (χ3v) is 4.42. The second kappa shape index (κ2) is 5.52. The lowest BCUT2D eigenvalue weighted by Crippen LogP contribution is -2.44. The van der Waals surface area contributed by atoms with Gasteiger partial charge in [-0.3, -0.25) is 4.79 Å². The van der Waals surface area contributed by atoms with E-state index in [2.05, 4.69) is 0 Å². The summed E-state index contributed by atoms with van der Waals surface area (Å²) in [6, 6.07) is 6.20. The van der Waals surface area contributed by atoms with E-state index in [1.54, 1.807) is 12.1 Å². The minimum absolute atomic E-state index is 0.0456. The van der Waals surface area contributed by atoms with Crippen LogP contribution >= 0.6 is 0 Å². The van der Waals surface area contributed by atoms with E-state index in [4.69, 9.17) is 9.47 Å². The van der Waals surface area contributed by atoms with Gasteiger partial charge in [0.2, 0.25) is 0 Å². The van der Waals surface area contributed by atoms with Crippen LogP contribution in [0.4, 0.5) is 4.39 Å². The van der Waals surface area contributed by atoms with Crippen molar-refractivity contribution in [3.8, 4) is 0 Å². The summed E-state index contributed by atoms with van der Waals surface area (Å²) >= 11 is 0. The molecular formula is C16H19FO3. The first-order valence-corrected chi connectivity index (χ1v) is 7.26. The van der Waals surface area contributed by atoms with Crippen LogP contribution in [0.5, 0.6) is 0 Å². The second-order valence-corrected chi connectivity index (χ2v) is 5.68. The van der Waals surface area contributed by atoms with E-state index in [0.717, 1.165) is 44.3 Å². The van der Waals surface area contributed by atoms with Gasteiger partial charge < -0.3 is 9.47 Å². The Kier molecular flexibility index (Phi) is 3.74. The Hall–Kier alpha value is -1.42. The first-order chi connectivity index (χ1) is 9.71. The predicted octanol–water partition coefficient (Wildman–Crippen LogP) is 2.97. The molecule has 0 spiro atoms. The minimum Gasteiger partial charge on any atom is -0.462 e. The van der Waals surface area contributed by atoms with E-state index >= 15 is 0 Å². The van der Waals surface area contributed by atoms with Gasteiger partial charge in [0, 0.05) is 6.61 Å². The minimum atomic E-state index is -0.563. The summed E-state index contributed by atoms with van der Waals surface area (Å²) in [6.07, 6.45) is 4.60. The highest BCUT2D eigenvalue weighted by Crippen LogP contribution is 2.44. The highest BCUT2D eigenvalue weighted by Gasteiger charge is 2.47. The average Bonchev–Trinajstić information content (AvgIpc) is 2.90. The summed E-state index contributed by atoms with van der Waals surface area (Å²) in [5.41, 5.74) is 0.300. The van der Waals surface area contributed by atoms with Gasteiger partial charge in [0.15, 0.2) is 0 Å². The molecule has 2 fully saturated rings. The fraction of sp³-hybridized carbons (Fsp3) is 0.562. The number of carbonyl (C=O) groups excluding carboxylic acids is 1. The number of hydrogen-bond acceptors (Lipinski definition) is 3. The first-order valence-electron chi connectivity index (χ1n) is 7.26. The second-order valence-electron chi connectivity index (χ2n) is 5.68. The van der Waals surface area contributed by atoms with Crippen molar-refractivity contribution >= 4 is 5.97 Å². The molecule has 1 heterocycles. The van der Waals surface area contributed by atoms with Crippen molar-refractivity contribution < 1.29 is 18.7 Å². The van der Waals surface area contributed by atoms with Crippen molar-refractivity contribution in [1.82, 2.24) is 0 Å². The van der Waals surface area contributed by atoms with Gasteiger partial charge in [-0.05, 0) is 43.4 Å². The van der Waals surface area contributed by atoms with Crippen LogP contribution in [-0.4, -0.2) is 25.3 Å². The van der Waals surface area contributed by atoms with Crippen LogP contribution in [0, 0.1) is 5.82 Å². The van der Waals surface area contributed by atoms with Crippen molar-refractivity contribution in [3.05, 3.63) is 35.6 Å². The van der Waals surface area contributed by atoms with Crippen LogP contribution in [0.2, 0.25) is 0 Å². The van der Waals surface area contributed by atoms with Crippen molar-refractivity contribution in [3.63, 3.8) is 0 Å². The Bertz CT molecular complexity index is 473. The Labute approximate surface area is 118 Å². The van der Waals surface area contributed by atoms with E-state index in [9.17, 15) is 9.18 Å². The monoisotopic (exact) mass is 278 g/mol. The lowest BCUT2D eigenvalue weighted by Gasteiger charge is -2.39. The molecule has 1 atom stereocenters. The highest BCUT2D eigenvalue weighted by molar-refractivity contribution is 5.84. The molecule has 0 radical (unpaired) electrons. The smallest absolute Gasteiger partial charge is 0.316 e. The number of benzene rings is 1. The standard InChI is InChI=1S/C16H19FO3/c17-13-6-4-12(5-7-13)16(8-2-9-16)15(18)20-11-14-3-1-10-19-14/h4-7,14H,1-3,8-11H2. The average molecular weight is 278 g/mol. The third kappa shape index (κ3) is 2.44. The molecule has 3 rings (SSSR count). The molecule has 1 aromatic carbocycles. The van der Waals surface area contributed by atoms with Crippen LogP contribution in [0.3, 0.4) is 0 Å². The molecule has 0 bridgehead atoms. The van der Waals surface area contributed by atoms with E-state index < -0.39 is 5.41 Å². The molecule has 0 amide bonds. The number of hydrogen-bond donors (Lipinski definition) is 0. The van der Waals surface area contributed by atoms with Gasteiger partial charge in [-0.1, -0.05) is 18.6 Å². The Morgan fingerprint density at radius 1 is 1.30 bits per heavy atom. The highest BCUT2D eigenvalue weighted by atomic mass is 19.1. The molecule has 1 unspecified atom stereocenters. The Morgan fingerprint density at radius 3 is 2.60 bits per heavy atom. The van der Waals surface area contributed by atoms with Crippen molar-refractivity contribution in [1.29, 1.82) is 0 Å². The molecule has 1 saturated carbocycles. The number of carbonyl (C=O) groups is 1. The van der Waals surface area contributed by atoms with Crippen LogP contribution in [0.15, 0.2) is 24.3 Å². The number of rotatable bonds is 4. The summed E-state index contributed by atoms with van der Waals surface area (Å²) < 4.78 is 23.9. The normalized spacial score (nSPS) is 24.1. The molecular weight excluding hydrogens is 259 g/mol. The largest absolute Gasteiger partial charge is 0.462 e. The number of esters is 1. The van der Waals surface area contributed by atoms with E-state index in [1.165, 1.54) is 12.1 Å². The van der Waals surface area contributed by atoms with E-state index in [0.29, 0.717) is 6.61 Å². The zero-order valence-corrected chi connectivity index (χ0v) is 11.4. The van der Waals surface area contributed by atoms with Gasteiger partial charge in [0.1, 0.15) is 12.4 Å². The molecule has 1 aliphatic carbocycles. The molecule has 1 aromatic rings. The van der Waals surface area contributed by atoms with Crippen LogP contribution in [0.25, 0.3) is 0 Å². The topological polar surface area (TPSA) is 35.5 Å². The third-order valence-electron chi connectivity index (χ3n) is 4.42. The van der Waals surface area contributed by atoms with Gasteiger partial charge in [-0.15, -0.1) is 0 Å². The summed E-state index contributed by atoms with van der Waals surface area (Å²) in [6.45, 7) is 1.09. The van der Waals surface area contributed by atoms with E-state index in [1.807, 2.05) is 0 Å². The lowest BCUT2D eigenvalue weighted by atomic mass is 9.64. The molecule has 4 heteroatoms. The van der Waals surface area contributed by atoms with Crippen LogP contribution in [-0.2, 0) is 19.7 Å². The molecule has 2 aliphatic rings. The zero-order chi connectivity index (χ0) is 14.0. The maximum Gasteiger partial charge on any atom is 0.316 e. The van der Waals surface area contributed by atoms with Crippen molar-refractivity contribution in [2.24, 2.45) is 0 Å². The van der Waals surface area contributed by atoms with Gasteiger partial charge in [-0.25, -0.2) is 4.39 Å². The maximum atomic E-state index is 13.0. The lowest BCUT2D eigenvalue weighted by molar-refractivity contribution is -0.157. The summed E-state index contributed by atoms with van der Waals surface area (Å²) in [4.78, 5) is 12.4. The molecule has 1 saturated heterocycles. The first kappa shape index (κ1) is 13.6. The van der Waals surface area contributed by atoms with Crippen LogP contribution in [0.1, 0.15) is 37.7 Å². The molecule has 1 aliphatic heterocycles. The van der Waals surface area contributed by atoms with Gasteiger partial charge in [-0.2, -0.15) is 0 Å². The van der Waals surface area contributed by atoms with E-state index in [-0.39, 0.29) is 17.9 Å². The SMILES string of the molecule is O=C(OCC1CCCO1)C1(c2ccc(F)cc2)CCC1. The molecule has 3 nitrogen and oxygen atoms in total. The Balaban J connectivity index is 1.68. The quantitative estimate of drug-likeness (QED) is 0.794. The van der Waals surface area contributed by atoms with Crippen molar-refractivity contribution in [2.75, 3.05) is 13.2 Å². The molecule has 0 aromatic heterocycles. The maximum absolute atomic E-state index is 13.0. The van der Waals surface area contributed by atoms with Crippen molar-refractivity contribution in [2.45, 2.75) is 43.6 Å². The fourth-order valence-corrected chi connectivity index (χ4v) is 2.99. The van der Waals surface area contributed by atoms with Gasteiger partial charge >= 0.3 is 5.97 Å². The molecule has 0 N–H and O–H groups in total. The van der Waals surface area contributed by atoms with Gasteiger partial charge in [0.05, 0.1) is 11.5 Å². The number of halogens is 1. The predicted molar refractivity (Wildman–Crippen MR) is 71.9 cm³/mol. The fourth-order valence-electron chi connectivity index (χ4n) is 2.99. The summed E-state index contributed by atoms with van der Waals surface area (Å²) in [7, 11) is 0. The zero-order valence-electron chi connectivity index (χ0n) is 11.4. The molecule has 20 heavy (non-hydrogen) atoms. The van der Waals surface area contributed by atoms with Crippen LogP contribution < -0.4 is 0 Å². The Morgan fingerprint density at radius 2 is 2.05 bits per heavy atom. The molecule has 108 valence electrons. The summed E-state index contributed by atoms with van der Waals surface area (Å²) in [5, 5.41) is 0. The summed E-state index contributed by atoms with van der Waals surface area (Å²) in [5.74, 6) is -0.471. The van der Waals surface area contributed by atoms with Gasteiger partial charge in [0.25, 0.3) is 0 Å². The number of ether oxygens (including phenoxy) is 2.